The fourth-order valence-electron chi connectivity index (χ4n) is 5.49. The minimum atomic E-state index is -0.457. The smallest absolute Gasteiger partial charge is 0.216 e. The van der Waals surface area contributed by atoms with Gasteiger partial charge in [-0.05, 0) is 42.2 Å². The summed E-state index contributed by atoms with van der Waals surface area (Å²) in [6.07, 6.45) is 5.93. The monoisotopic (exact) mass is 419 g/mol. The maximum atomic E-state index is 14.6. The average molecular weight is 420 g/mol. The van der Waals surface area contributed by atoms with Gasteiger partial charge < -0.3 is 9.64 Å². The molecule has 0 bridgehead atoms. The molecule has 7 heteroatoms. The summed E-state index contributed by atoms with van der Waals surface area (Å²) in [5, 5.41) is 5.69. The zero-order chi connectivity index (χ0) is 20.6. The van der Waals surface area contributed by atoms with E-state index in [0.717, 1.165) is 56.0 Å². The molecular weight excluding hydrogens is 393 g/mol. The summed E-state index contributed by atoms with van der Waals surface area (Å²) in [7, 11) is 0. The van der Waals surface area contributed by atoms with Gasteiger partial charge in [-0.2, -0.15) is 9.49 Å². The van der Waals surface area contributed by atoms with Crippen LogP contribution in [0.5, 0.6) is 0 Å². The summed E-state index contributed by atoms with van der Waals surface area (Å²) in [6.45, 7) is 5.27. The van der Waals surface area contributed by atoms with E-state index >= 15 is 0 Å². The molecule has 4 aliphatic rings. The number of hydrogen-bond donors (Lipinski definition) is 0. The van der Waals surface area contributed by atoms with Crippen LogP contribution in [0.1, 0.15) is 30.7 Å². The number of anilines is 1. The van der Waals surface area contributed by atoms with Crippen LogP contribution in [-0.4, -0.2) is 65.1 Å². The molecule has 2 saturated heterocycles. The van der Waals surface area contributed by atoms with E-state index in [1.165, 1.54) is 30.9 Å². The Morgan fingerprint density at radius 2 is 1.87 bits per heavy atom. The number of benzene rings is 1. The van der Waals surface area contributed by atoms with Crippen molar-refractivity contribution in [3.63, 3.8) is 0 Å². The Hall–Kier alpha value is -2.51. The summed E-state index contributed by atoms with van der Waals surface area (Å²) in [6, 6.07) is 10.7. The van der Waals surface area contributed by atoms with Crippen molar-refractivity contribution in [3.8, 4) is 5.69 Å². The topological polar surface area (TPSA) is 46.4 Å². The molecule has 2 saturated carbocycles. The van der Waals surface area contributed by atoms with Crippen LogP contribution in [0.3, 0.4) is 0 Å². The van der Waals surface area contributed by atoms with Crippen LogP contribution in [0, 0.1) is 11.4 Å². The molecular formula is C24H26FN5O. The van der Waals surface area contributed by atoms with Gasteiger partial charge in [0.1, 0.15) is 5.82 Å². The van der Waals surface area contributed by atoms with Gasteiger partial charge in [0.15, 0.2) is 0 Å². The Labute approximate surface area is 180 Å². The zero-order valence-corrected chi connectivity index (χ0v) is 17.5. The van der Waals surface area contributed by atoms with Gasteiger partial charge in [-0.15, -0.1) is 0 Å². The lowest BCUT2D eigenvalue weighted by molar-refractivity contribution is -0.0661. The number of fused-ring (bicyclic) bond motifs is 1. The fraction of sp³-hybridized carbons (Fsp3) is 0.500. The first-order valence-electron chi connectivity index (χ1n) is 11.4. The quantitative estimate of drug-likeness (QED) is 0.607. The molecule has 0 N–H and O–H groups in total. The molecule has 2 aliphatic heterocycles. The van der Waals surface area contributed by atoms with Crippen molar-refractivity contribution in [3.05, 3.63) is 48.0 Å². The maximum Gasteiger partial charge on any atom is 0.216 e. The number of nitrogens with zero attached hydrogens (tertiary/aromatic N) is 5. The first-order chi connectivity index (χ1) is 15.2. The molecule has 160 valence electrons. The number of piperazine rings is 1. The second kappa shape index (κ2) is 6.50. The standard InChI is InChI=1S/C24H26FN5O/c25-22-10-18(11-23(27-22)29-7-5-28(6-8-29)19-14-31-15-19)30-21-9-16(1-2-17(21)13-26-30)20-12-24(20)3-4-24/h1-2,9-11,13,19-20H,3-8,12,14-15H2/t20-/m0/s1. The second-order valence-corrected chi connectivity index (χ2v) is 9.71. The van der Waals surface area contributed by atoms with Crippen LogP contribution in [0.25, 0.3) is 16.6 Å². The second-order valence-electron chi connectivity index (χ2n) is 9.71. The number of aromatic nitrogens is 3. The first kappa shape index (κ1) is 18.1. The average Bonchev–Trinajstić information content (AvgIpc) is 3.64. The molecule has 0 unspecified atom stereocenters. The van der Waals surface area contributed by atoms with Crippen LogP contribution in [0.15, 0.2) is 36.5 Å². The lowest BCUT2D eigenvalue weighted by Crippen LogP contribution is -2.56. The number of ether oxygens (including phenoxy) is 1. The highest BCUT2D eigenvalue weighted by Crippen LogP contribution is 2.75. The Morgan fingerprint density at radius 1 is 1.03 bits per heavy atom. The Morgan fingerprint density at radius 3 is 2.58 bits per heavy atom. The van der Waals surface area contributed by atoms with Crippen molar-refractivity contribution in [2.45, 2.75) is 31.2 Å². The van der Waals surface area contributed by atoms with Crippen molar-refractivity contribution in [1.82, 2.24) is 19.7 Å². The van der Waals surface area contributed by atoms with Gasteiger partial charge in [0.25, 0.3) is 0 Å². The summed E-state index contributed by atoms with van der Waals surface area (Å²) >= 11 is 0. The SMILES string of the molecule is Fc1cc(-n2ncc3ccc([C@@H]4CC45CC5)cc32)cc(N2CCN(C3COC3)CC2)n1. The van der Waals surface area contributed by atoms with Crippen LogP contribution in [0.4, 0.5) is 10.2 Å². The molecule has 6 nitrogen and oxygen atoms in total. The van der Waals surface area contributed by atoms with E-state index < -0.39 is 5.95 Å². The van der Waals surface area contributed by atoms with Crippen molar-refractivity contribution in [2.75, 3.05) is 44.3 Å². The van der Waals surface area contributed by atoms with Gasteiger partial charge in [-0.25, -0.2) is 9.67 Å². The molecule has 1 spiro atoms. The number of pyridine rings is 1. The maximum absolute atomic E-state index is 14.6. The van der Waals surface area contributed by atoms with E-state index in [9.17, 15) is 4.39 Å². The first-order valence-corrected chi connectivity index (χ1v) is 11.4. The number of rotatable bonds is 4. The van der Waals surface area contributed by atoms with Crippen molar-refractivity contribution >= 4 is 16.7 Å². The van der Waals surface area contributed by atoms with Gasteiger partial charge in [0.05, 0.1) is 36.7 Å². The highest BCUT2D eigenvalue weighted by molar-refractivity contribution is 5.81. The van der Waals surface area contributed by atoms with Gasteiger partial charge in [0.2, 0.25) is 5.95 Å². The Kier molecular flexibility index (Phi) is 3.79. The van der Waals surface area contributed by atoms with E-state index in [4.69, 9.17) is 4.74 Å². The third kappa shape index (κ3) is 2.97. The molecule has 2 aromatic heterocycles. The van der Waals surface area contributed by atoms with Gasteiger partial charge in [0, 0.05) is 43.7 Å². The highest BCUT2D eigenvalue weighted by atomic mass is 19.1. The highest BCUT2D eigenvalue weighted by Gasteiger charge is 2.62. The van der Waals surface area contributed by atoms with Gasteiger partial charge in [-0.1, -0.05) is 12.1 Å². The van der Waals surface area contributed by atoms with Crippen molar-refractivity contribution in [1.29, 1.82) is 0 Å². The predicted molar refractivity (Wildman–Crippen MR) is 116 cm³/mol. The number of hydrogen-bond acceptors (Lipinski definition) is 5. The van der Waals surface area contributed by atoms with Crippen LogP contribution in [0.2, 0.25) is 0 Å². The zero-order valence-electron chi connectivity index (χ0n) is 17.5. The van der Waals surface area contributed by atoms with Crippen LogP contribution < -0.4 is 4.90 Å². The third-order valence-corrected chi connectivity index (χ3v) is 7.86. The molecule has 7 rings (SSSR count). The predicted octanol–water partition coefficient (Wildman–Crippen LogP) is 3.35. The minimum absolute atomic E-state index is 0.457. The normalized spacial score (nSPS) is 25.2. The Balaban J connectivity index is 1.19. The van der Waals surface area contributed by atoms with Crippen LogP contribution in [-0.2, 0) is 4.74 Å². The molecule has 4 fully saturated rings. The molecule has 31 heavy (non-hydrogen) atoms. The van der Waals surface area contributed by atoms with E-state index in [1.807, 2.05) is 16.9 Å². The van der Waals surface area contributed by atoms with E-state index in [1.54, 1.807) is 0 Å². The van der Waals surface area contributed by atoms with Gasteiger partial charge in [-0.3, -0.25) is 4.90 Å². The molecule has 2 aliphatic carbocycles. The van der Waals surface area contributed by atoms with Crippen LogP contribution >= 0.6 is 0 Å². The molecule has 1 aromatic carbocycles. The summed E-state index contributed by atoms with van der Waals surface area (Å²) in [4.78, 5) is 8.86. The summed E-state index contributed by atoms with van der Waals surface area (Å²) in [5.41, 5.74) is 3.80. The molecule has 1 atom stereocenters. The summed E-state index contributed by atoms with van der Waals surface area (Å²) in [5.74, 6) is 0.932. The van der Waals surface area contributed by atoms with Crippen molar-refractivity contribution in [2.24, 2.45) is 5.41 Å². The fourth-order valence-corrected chi connectivity index (χ4v) is 5.49. The van der Waals surface area contributed by atoms with Gasteiger partial charge >= 0.3 is 0 Å². The summed E-state index contributed by atoms with van der Waals surface area (Å²) < 4.78 is 21.8. The molecule has 0 amide bonds. The number of halogens is 1. The van der Waals surface area contributed by atoms with Crippen molar-refractivity contribution < 1.29 is 9.13 Å². The molecule has 0 radical (unpaired) electrons. The van der Waals surface area contributed by atoms with E-state index in [2.05, 4.69) is 38.1 Å². The largest absolute Gasteiger partial charge is 0.378 e. The Bertz CT molecular complexity index is 1160. The minimum Gasteiger partial charge on any atom is -0.378 e. The van der Waals surface area contributed by atoms with E-state index in [-0.39, 0.29) is 0 Å². The third-order valence-electron chi connectivity index (χ3n) is 7.86. The molecule has 4 heterocycles. The lowest BCUT2D eigenvalue weighted by atomic mass is 10.1. The molecule has 3 aromatic rings. The van der Waals surface area contributed by atoms with E-state index in [0.29, 0.717) is 23.2 Å². The lowest BCUT2D eigenvalue weighted by Gasteiger charge is -2.42.